The summed E-state index contributed by atoms with van der Waals surface area (Å²) in [6.45, 7) is 0.248. The smallest absolute Gasteiger partial charge is 0.307 e. The van der Waals surface area contributed by atoms with E-state index in [0.717, 1.165) is 11.3 Å². The molecule has 0 aliphatic rings. The van der Waals surface area contributed by atoms with Crippen molar-refractivity contribution >= 4 is 33.4 Å². The van der Waals surface area contributed by atoms with Crippen molar-refractivity contribution in [3.05, 3.63) is 64.2 Å². The molecule has 0 unspecified atom stereocenters. The first-order valence-electron chi connectivity index (χ1n) is 7.97. The van der Waals surface area contributed by atoms with E-state index in [1.54, 1.807) is 10.6 Å². The van der Waals surface area contributed by atoms with Crippen molar-refractivity contribution in [1.82, 2.24) is 4.57 Å². The highest BCUT2D eigenvalue weighted by Gasteiger charge is 2.12. The van der Waals surface area contributed by atoms with Crippen molar-refractivity contribution in [2.24, 2.45) is 4.99 Å². The molecule has 0 spiro atoms. The first kappa shape index (κ1) is 18.5. The topological polar surface area (TPSA) is 84.5 Å². The third-order valence-electron chi connectivity index (χ3n) is 3.87. The average Bonchev–Trinajstić information content (AvgIpc) is 3.01. The standard InChI is InChI=1S/C19H14FN3O3S/c1-26-17(24)8-9-23-15-7-6-14(20)10-16(15)27-19(23)22-18(25)13-4-2-12(11-21)3-5-13/h2-7,10H,8-9H2,1H3. The number of amides is 1. The zero-order valence-corrected chi connectivity index (χ0v) is 15.1. The van der Waals surface area contributed by atoms with Gasteiger partial charge < -0.3 is 9.30 Å². The fourth-order valence-corrected chi connectivity index (χ4v) is 3.57. The van der Waals surface area contributed by atoms with E-state index in [1.807, 2.05) is 6.07 Å². The molecule has 0 aliphatic heterocycles. The van der Waals surface area contributed by atoms with E-state index in [-0.39, 0.29) is 13.0 Å². The first-order chi connectivity index (χ1) is 13.0. The van der Waals surface area contributed by atoms with Gasteiger partial charge in [-0.3, -0.25) is 9.59 Å². The highest BCUT2D eigenvalue weighted by atomic mass is 32.1. The molecule has 0 fully saturated rings. The molecular weight excluding hydrogens is 369 g/mol. The summed E-state index contributed by atoms with van der Waals surface area (Å²) in [5.74, 6) is -1.28. The monoisotopic (exact) mass is 383 g/mol. The normalized spacial score (nSPS) is 11.4. The van der Waals surface area contributed by atoms with Gasteiger partial charge in [0.05, 0.1) is 35.4 Å². The predicted octanol–water partition coefficient (Wildman–Crippen LogP) is 3.02. The molecule has 1 aromatic heterocycles. The van der Waals surface area contributed by atoms with E-state index in [1.165, 1.54) is 43.5 Å². The number of rotatable bonds is 4. The second-order valence-electron chi connectivity index (χ2n) is 5.58. The zero-order chi connectivity index (χ0) is 19.4. The molecule has 0 saturated heterocycles. The van der Waals surface area contributed by atoms with Crippen molar-refractivity contribution < 1.29 is 18.7 Å². The van der Waals surface area contributed by atoms with Crippen LogP contribution in [0.15, 0.2) is 47.5 Å². The molecule has 3 rings (SSSR count). The van der Waals surface area contributed by atoms with Gasteiger partial charge in [-0.15, -0.1) is 0 Å². The fourth-order valence-electron chi connectivity index (χ4n) is 2.49. The largest absolute Gasteiger partial charge is 0.469 e. The molecule has 1 heterocycles. The maximum absolute atomic E-state index is 13.5. The van der Waals surface area contributed by atoms with Crippen LogP contribution in [0.3, 0.4) is 0 Å². The number of thiazole rings is 1. The number of hydrogen-bond acceptors (Lipinski definition) is 5. The highest BCUT2D eigenvalue weighted by molar-refractivity contribution is 7.16. The molecule has 136 valence electrons. The first-order valence-corrected chi connectivity index (χ1v) is 8.78. The third kappa shape index (κ3) is 4.10. The summed E-state index contributed by atoms with van der Waals surface area (Å²) in [5.41, 5.74) is 1.45. The second-order valence-corrected chi connectivity index (χ2v) is 6.59. The lowest BCUT2D eigenvalue weighted by Gasteiger charge is -2.04. The van der Waals surface area contributed by atoms with Crippen molar-refractivity contribution in [2.45, 2.75) is 13.0 Å². The average molecular weight is 383 g/mol. The van der Waals surface area contributed by atoms with E-state index in [0.29, 0.717) is 26.1 Å². The van der Waals surface area contributed by atoms with Crippen LogP contribution >= 0.6 is 11.3 Å². The number of aryl methyl sites for hydroxylation is 1. The van der Waals surface area contributed by atoms with Crippen LogP contribution < -0.4 is 4.80 Å². The van der Waals surface area contributed by atoms with E-state index in [4.69, 9.17) is 5.26 Å². The van der Waals surface area contributed by atoms with Gasteiger partial charge in [-0.2, -0.15) is 10.3 Å². The van der Waals surface area contributed by atoms with Crippen LogP contribution in [-0.2, 0) is 16.1 Å². The Labute approximate surface area is 157 Å². The number of hydrogen-bond donors (Lipinski definition) is 0. The second kappa shape index (κ2) is 7.93. The Morgan fingerprint density at radius 1 is 1.26 bits per heavy atom. The number of nitriles is 1. The molecule has 0 aliphatic carbocycles. The van der Waals surface area contributed by atoms with Crippen molar-refractivity contribution in [2.75, 3.05) is 7.11 Å². The minimum absolute atomic E-state index is 0.0952. The van der Waals surface area contributed by atoms with Crippen LogP contribution in [0, 0.1) is 17.1 Å². The van der Waals surface area contributed by atoms with E-state index in [9.17, 15) is 14.0 Å². The van der Waals surface area contributed by atoms with Crippen molar-refractivity contribution in [1.29, 1.82) is 5.26 Å². The molecule has 6 nitrogen and oxygen atoms in total. The Morgan fingerprint density at radius 3 is 2.67 bits per heavy atom. The molecule has 0 bridgehead atoms. The van der Waals surface area contributed by atoms with Gasteiger partial charge in [0.2, 0.25) is 0 Å². The molecule has 2 aromatic carbocycles. The molecule has 27 heavy (non-hydrogen) atoms. The van der Waals surface area contributed by atoms with Gasteiger partial charge in [0.1, 0.15) is 5.82 Å². The van der Waals surface area contributed by atoms with Gasteiger partial charge in [-0.25, -0.2) is 4.39 Å². The number of carbonyl (C=O) groups excluding carboxylic acids is 2. The molecule has 8 heteroatoms. The quantitative estimate of drug-likeness (QED) is 0.648. The van der Waals surface area contributed by atoms with Crippen LogP contribution in [0.1, 0.15) is 22.3 Å². The lowest BCUT2D eigenvalue weighted by Crippen LogP contribution is -2.19. The van der Waals surface area contributed by atoms with Gasteiger partial charge in [0.25, 0.3) is 5.91 Å². The van der Waals surface area contributed by atoms with Gasteiger partial charge in [0.15, 0.2) is 4.80 Å². The molecule has 0 atom stereocenters. The fraction of sp³-hybridized carbons (Fsp3) is 0.158. The van der Waals surface area contributed by atoms with Gasteiger partial charge in [-0.05, 0) is 42.5 Å². The van der Waals surface area contributed by atoms with Crippen LogP contribution in [0.2, 0.25) is 0 Å². The van der Waals surface area contributed by atoms with Crippen LogP contribution in [-0.4, -0.2) is 23.6 Å². The lowest BCUT2D eigenvalue weighted by atomic mass is 10.1. The number of esters is 1. The molecular formula is C19H14FN3O3S. The van der Waals surface area contributed by atoms with Gasteiger partial charge >= 0.3 is 5.97 Å². The number of ether oxygens (including phenoxy) is 1. The van der Waals surface area contributed by atoms with Crippen LogP contribution in [0.4, 0.5) is 4.39 Å². The summed E-state index contributed by atoms with van der Waals surface area (Å²) in [7, 11) is 1.30. The number of aromatic nitrogens is 1. The van der Waals surface area contributed by atoms with Crippen LogP contribution in [0.5, 0.6) is 0 Å². The predicted molar refractivity (Wildman–Crippen MR) is 97.5 cm³/mol. The minimum Gasteiger partial charge on any atom is -0.469 e. The number of fused-ring (bicyclic) bond motifs is 1. The highest BCUT2D eigenvalue weighted by Crippen LogP contribution is 2.19. The Balaban J connectivity index is 2.05. The minimum atomic E-state index is -0.488. The van der Waals surface area contributed by atoms with Crippen molar-refractivity contribution in [3.63, 3.8) is 0 Å². The Morgan fingerprint density at radius 2 is 2.00 bits per heavy atom. The number of carbonyl (C=O) groups is 2. The number of halogens is 1. The van der Waals surface area contributed by atoms with Crippen molar-refractivity contribution in [3.8, 4) is 6.07 Å². The van der Waals surface area contributed by atoms with E-state index in [2.05, 4.69) is 9.73 Å². The summed E-state index contributed by atoms with van der Waals surface area (Å²) in [6.07, 6.45) is 0.0952. The van der Waals surface area contributed by atoms with E-state index < -0.39 is 17.7 Å². The van der Waals surface area contributed by atoms with Crippen LogP contribution in [0.25, 0.3) is 10.2 Å². The maximum Gasteiger partial charge on any atom is 0.307 e. The summed E-state index contributed by atoms with van der Waals surface area (Å²) < 4.78 is 20.5. The summed E-state index contributed by atoms with van der Waals surface area (Å²) in [5, 5.41) is 8.84. The Hall–Kier alpha value is -3.31. The lowest BCUT2D eigenvalue weighted by molar-refractivity contribution is -0.140. The Bertz CT molecular complexity index is 1120. The third-order valence-corrected chi connectivity index (χ3v) is 4.91. The number of benzene rings is 2. The summed E-state index contributed by atoms with van der Waals surface area (Å²) in [4.78, 5) is 28.5. The molecule has 3 aromatic rings. The number of methoxy groups -OCH3 is 1. The number of nitrogens with zero attached hydrogens (tertiary/aromatic N) is 3. The molecule has 0 N–H and O–H groups in total. The van der Waals surface area contributed by atoms with E-state index >= 15 is 0 Å². The molecule has 1 amide bonds. The zero-order valence-electron chi connectivity index (χ0n) is 14.3. The maximum atomic E-state index is 13.5. The van der Waals surface area contributed by atoms with Gasteiger partial charge in [-0.1, -0.05) is 11.3 Å². The SMILES string of the molecule is COC(=O)CCn1c(=NC(=O)c2ccc(C#N)cc2)sc2cc(F)ccc21. The molecule has 0 radical (unpaired) electrons. The van der Waals surface area contributed by atoms with Gasteiger partial charge in [0, 0.05) is 12.1 Å². The Kier molecular flexibility index (Phi) is 5.43. The summed E-state index contributed by atoms with van der Waals surface area (Å²) >= 11 is 1.16. The molecule has 0 saturated carbocycles. The summed E-state index contributed by atoms with van der Waals surface area (Å²) in [6, 6.07) is 12.4.